The maximum absolute atomic E-state index is 13.7. The molecule has 1 amide bonds. The molecule has 1 N–H and O–H groups in total. The van der Waals surface area contributed by atoms with Crippen molar-refractivity contribution in [1.82, 2.24) is 9.78 Å². The molecule has 0 spiro atoms. The molecule has 0 atom stereocenters. The topological polar surface area (TPSA) is 65.4 Å². The summed E-state index contributed by atoms with van der Waals surface area (Å²) in [5, 5.41) is 5.46. The lowest BCUT2D eigenvalue weighted by atomic mass is 10.2. The Morgan fingerprint density at radius 3 is 2.07 bits per heavy atom. The van der Waals surface area contributed by atoms with Gasteiger partial charge in [0.1, 0.15) is 17.2 Å². The molecule has 0 saturated carbocycles. The maximum atomic E-state index is 13.7. The van der Waals surface area contributed by atoms with E-state index in [1.165, 1.54) is 24.1 Å². The summed E-state index contributed by atoms with van der Waals surface area (Å²) in [7, 11) is 1.51. The lowest BCUT2D eigenvalue weighted by Crippen LogP contribution is -2.18. The Bertz CT molecular complexity index is 1020. The third-order valence-corrected chi connectivity index (χ3v) is 3.74. The minimum absolute atomic E-state index is 0.109. The molecule has 3 rings (SSSR count). The van der Waals surface area contributed by atoms with E-state index < -0.39 is 40.7 Å². The molecular formula is C18H12F5N3O3. The molecule has 11 heteroatoms. The third kappa shape index (κ3) is 4.13. The van der Waals surface area contributed by atoms with Gasteiger partial charge in [-0.25, -0.2) is 26.6 Å². The quantitative estimate of drug-likeness (QED) is 0.379. The summed E-state index contributed by atoms with van der Waals surface area (Å²) < 4.78 is 78.4. The average molecular weight is 413 g/mol. The van der Waals surface area contributed by atoms with Gasteiger partial charge < -0.3 is 14.8 Å². The molecule has 1 aromatic heterocycles. The number of benzene rings is 2. The summed E-state index contributed by atoms with van der Waals surface area (Å²) in [5.74, 6) is -11.0. The molecule has 0 saturated heterocycles. The van der Waals surface area contributed by atoms with Crippen LogP contribution in [0.5, 0.6) is 11.5 Å². The highest BCUT2D eigenvalue weighted by Crippen LogP contribution is 2.27. The van der Waals surface area contributed by atoms with Crippen molar-refractivity contribution in [1.29, 1.82) is 0 Å². The van der Waals surface area contributed by atoms with E-state index in [0.717, 1.165) is 0 Å². The standard InChI is InChI=1S/C18H12F5N3O3/c1-28-9-2-4-10(5-3-9)29-8-26-7-6-11(25-26)18(27)24-17-15(22)13(20)12(19)14(21)16(17)23/h2-7H,8H2,1H3,(H,24,27). The molecule has 0 radical (unpaired) electrons. The average Bonchev–Trinajstić information content (AvgIpc) is 3.22. The lowest BCUT2D eigenvalue weighted by molar-refractivity contribution is 0.101. The number of halogens is 5. The number of nitrogens with one attached hydrogen (secondary N) is 1. The first kappa shape index (κ1) is 20.1. The second kappa shape index (κ2) is 8.17. The van der Waals surface area contributed by atoms with Gasteiger partial charge in [-0.05, 0) is 30.3 Å². The summed E-state index contributed by atoms with van der Waals surface area (Å²) in [5.41, 5.74) is -1.79. The molecule has 3 aromatic rings. The molecule has 0 bridgehead atoms. The Morgan fingerprint density at radius 2 is 1.48 bits per heavy atom. The van der Waals surface area contributed by atoms with Gasteiger partial charge in [0, 0.05) is 6.20 Å². The molecule has 0 aliphatic carbocycles. The van der Waals surface area contributed by atoms with Gasteiger partial charge in [-0.1, -0.05) is 0 Å². The highest BCUT2D eigenvalue weighted by molar-refractivity contribution is 6.02. The number of carbonyl (C=O) groups is 1. The summed E-state index contributed by atoms with van der Waals surface area (Å²) in [6.45, 7) is -0.109. The summed E-state index contributed by atoms with van der Waals surface area (Å²) in [4.78, 5) is 12.1. The number of ether oxygens (including phenoxy) is 2. The van der Waals surface area contributed by atoms with Gasteiger partial charge in [-0.3, -0.25) is 4.79 Å². The van der Waals surface area contributed by atoms with Crippen LogP contribution in [-0.2, 0) is 6.73 Å². The summed E-state index contributed by atoms with van der Waals surface area (Å²) in [6.07, 6.45) is 1.33. The molecule has 0 unspecified atom stereocenters. The van der Waals surface area contributed by atoms with Gasteiger partial charge in [0.05, 0.1) is 7.11 Å². The molecule has 6 nitrogen and oxygen atoms in total. The van der Waals surface area contributed by atoms with Crippen LogP contribution < -0.4 is 14.8 Å². The zero-order valence-corrected chi connectivity index (χ0v) is 14.7. The zero-order chi connectivity index (χ0) is 21.1. The van der Waals surface area contributed by atoms with E-state index in [1.54, 1.807) is 29.6 Å². The van der Waals surface area contributed by atoms with Gasteiger partial charge >= 0.3 is 0 Å². The van der Waals surface area contributed by atoms with Gasteiger partial charge in [0.25, 0.3) is 5.91 Å². The highest BCUT2D eigenvalue weighted by Gasteiger charge is 2.27. The molecule has 0 fully saturated rings. The predicted molar refractivity (Wildman–Crippen MR) is 90.0 cm³/mol. The first-order valence-electron chi connectivity index (χ1n) is 7.95. The zero-order valence-electron chi connectivity index (χ0n) is 14.7. The molecular weight excluding hydrogens is 401 g/mol. The van der Waals surface area contributed by atoms with Crippen molar-refractivity contribution in [3.63, 3.8) is 0 Å². The maximum Gasteiger partial charge on any atom is 0.276 e. The van der Waals surface area contributed by atoms with E-state index in [0.29, 0.717) is 11.5 Å². The number of hydrogen-bond acceptors (Lipinski definition) is 4. The van der Waals surface area contributed by atoms with Crippen molar-refractivity contribution < 1.29 is 36.2 Å². The normalized spacial score (nSPS) is 10.7. The summed E-state index contributed by atoms with van der Waals surface area (Å²) in [6, 6.07) is 7.79. The molecule has 29 heavy (non-hydrogen) atoms. The monoisotopic (exact) mass is 413 g/mol. The Hall–Kier alpha value is -3.63. The number of amides is 1. The van der Waals surface area contributed by atoms with Gasteiger partial charge in [-0.15, -0.1) is 0 Å². The smallest absolute Gasteiger partial charge is 0.276 e. The number of anilines is 1. The fraction of sp³-hybridized carbons (Fsp3) is 0.111. The second-order valence-corrected chi connectivity index (χ2v) is 5.59. The molecule has 2 aromatic carbocycles. The van der Waals surface area contributed by atoms with E-state index in [4.69, 9.17) is 9.47 Å². The number of aromatic nitrogens is 2. The van der Waals surface area contributed by atoms with Gasteiger partial charge in [0.2, 0.25) is 5.82 Å². The van der Waals surface area contributed by atoms with Crippen molar-refractivity contribution in [2.24, 2.45) is 0 Å². The minimum Gasteiger partial charge on any atom is -0.497 e. The third-order valence-electron chi connectivity index (χ3n) is 3.74. The summed E-state index contributed by atoms with van der Waals surface area (Å²) >= 11 is 0. The van der Waals surface area contributed by atoms with Crippen molar-refractivity contribution in [2.45, 2.75) is 6.73 Å². The number of nitrogens with zero attached hydrogens (tertiary/aromatic N) is 2. The number of methoxy groups -OCH3 is 1. The number of rotatable bonds is 6. The lowest BCUT2D eigenvalue weighted by Gasteiger charge is -2.09. The van der Waals surface area contributed by atoms with E-state index >= 15 is 0 Å². The fourth-order valence-corrected chi connectivity index (χ4v) is 2.26. The predicted octanol–water partition coefficient (Wildman–Crippen LogP) is 3.88. The Balaban J connectivity index is 1.70. The van der Waals surface area contributed by atoms with Crippen LogP contribution in [0.15, 0.2) is 36.5 Å². The Morgan fingerprint density at radius 1 is 0.931 bits per heavy atom. The van der Waals surface area contributed by atoms with Crippen LogP contribution in [0.25, 0.3) is 0 Å². The van der Waals surface area contributed by atoms with E-state index in [1.807, 2.05) is 0 Å². The van der Waals surface area contributed by atoms with Crippen LogP contribution >= 0.6 is 0 Å². The van der Waals surface area contributed by atoms with Crippen molar-refractivity contribution in [3.05, 3.63) is 71.3 Å². The van der Waals surface area contributed by atoms with E-state index in [-0.39, 0.29) is 12.4 Å². The van der Waals surface area contributed by atoms with Crippen LogP contribution in [0.3, 0.4) is 0 Å². The van der Waals surface area contributed by atoms with Gasteiger partial charge in [-0.2, -0.15) is 5.10 Å². The van der Waals surface area contributed by atoms with Crippen LogP contribution in [0.2, 0.25) is 0 Å². The largest absolute Gasteiger partial charge is 0.497 e. The molecule has 152 valence electrons. The second-order valence-electron chi connectivity index (χ2n) is 5.59. The molecule has 0 aliphatic heterocycles. The van der Waals surface area contributed by atoms with E-state index in [2.05, 4.69) is 5.10 Å². The Labute approximate surface area is 160 Å². The minimum atomic E-state index is -2.32. The van der Waals surface area contributed by atoms with E-state index in [9.17, 15) is 26.7 Å². The first-order chi connectivity index (χ1) is 13.8. The number of hydrogen-bond donors (Lipinski definition) is 1. The first-order valence-corrected chi connectivity index (χ1v) is 7.95. The molecule has 1 heterocycles. The van der Waals surface area contributed by atoms with Crippen molar-refractivity contribution >= 4 is 11.6 Å². The number of carbonyl (C=O) groups excluding carboxylic acids is 1. The Kier molecular flexibility index (Phi) is 5.66. The fourth-order valence-electron chi connectivity index (χ4n) is 2.26. The SMILES string of the molecule is COc1ccc(OCn2ccc(C(=O)Nc3c(F)c(F)c(F)c(F)c3F)n2)cc1. The van der Waals surface area contributed by atoms with Crippen LogP contribution in [-0.4, -0.2) is 22.8 Å². The molecule has 0 aliphatic rings. The van der Waals surface area contributed by atoms with Crippen LogP contribution in [0, 0.1) is 29.1 Å². The van der Waals surface area contributed by atoms with Crippen LogP contribution in [0.1, 0.15) is 10.5 Å². The van der Waals surface area contributed by atoms with Crippen molar-refractivity contribution in [3.8, 4) is 11.5 Å². The van der Waals surface area contributed by atoms with Crippen LogP contribution in [0.4, 0.5) is 27.6 Å². The van der Waals surface area contributed by atoms with Gasteiger partial charge in [0.15, 0.2) is 35.7 Å². The highest BCUT2D eigenvalue weighted by atomic mass is 19.2. The van der Waals surface area contributed by atoms with Crippen molar-refractivity contribution in [2.75, 3.05) is 12.4 Å².